The third-order valence-corrected chi connectivity index (χ3v) is 4.52. The van der Waals surface area contributed by atoms with E-state index in [1.807, 2.05) is 62.7 Å². The molecule has 7 nitrogen and oxygen atoms in total. The van der Waals surface area contributed by atoms with Gasteiger partial charge in [-0.2, -0.15) is 10.1 Å². The molecule has 1 amide bonds. The molecule has 136 valence electrons. The second kappa shape index (κ2) is 7.51. The van der Waals surface area contributed by atoms with Crippen LogP contribution >= 0.6 is 0 Å². The molecule has 3 aromatic rings. The van der Waals surface area contributed by atoms with E-state index in [9.17, 15) is 4.79 Å². The van der Waals surface area contributed by atoms with Gasteiger partial charge in [0.1, 0.15) is 0 Å². The van der Waals surface area contributed by atoms with Gasteiger partial charge in [0.25, 0.3) is 5.89 Å². The molecule has 0 unspecified atom stereocenters. The van der Waals surface area contributed by atoms with Gasteiger partial charge in [0.2, 0.25) is 5.91 Å². The van der Waals surface area contributed by atoms with Crippen molar-refractivity contribution in [3.63, 3.8) is 0 Å². The van der Waals surface area contributed by atoms with Gasteiger partial charge in [0, 0.05) is 17.7 Å². The molecule has 0 aliphatic carbocycles. The Kier molecular flexibility index (Phi) is 5.16. The fourth-order valence-corrected chi connectivity index (χ4v) is 2.80. The summed E-state index contributed by atoms with van der Waals surface area (Å²) in [5.74, 6) is 0.821. The van der Waals surface area contributed by atoms with Crippen LogP contribution in [0.4, 0.5) is 0 Å². The normalized spacial score (nSPS) is 12.2. The fourth-order valence-electron chi connectivity index (χ4n) is 2.80. The first-order valence-electron chi connectivity index (χ1n) is 8.62. The Labute approximate surface area is 152 Å². The molecule has 1 aromatic carbocycles. The van der Waals surface area contributed by atoms with E-state index in [-0.39, 0.29) is 18.5 Å². The minimum Gasteiger partial charge on any atom is -0.349 e. The van der Waals surface area contributed by atoms with Gasteiger partial charge in [0.05, 0.1) is 18.3 Å². The Morgan fingerprint density at radius 1 is 1.23 bits per heavy atom. The topological polar surface area (TPSA) is 85.8 Å². The van der Waals surface area contributed by atoms with Crippen molar-refractivity contribution in [2.75, 3.05) is 0 Å². The second-order valence-electron chi connectivity index (χ2n) is 6.45. The summed E-state index contributed by atoms with van der Waals surface area (Å²) in [5, 5.41) is 11.3. The van der Waals surface area contributed by atoms with Gasteiger partial charge in [-0.15, -0.1) is 0 Å². The number of hydrogen-bond acceptors (Lipinski definition) is 5. The van der Waals surface area contributed by atoms with Crippen molar-refractivity contribution in [2.24, 2.45) is 0 Å². The highest BCUT2D eigenvalue weighted by atomic mass is 16.5. The van der Waals surface area contributed by atoms with Crippen LogP contribution < -0.4 is 5.32 Å². The predicted molar refractivity (Wildman–Crippen MR) is 97.3 cm³/mol. The van der Waals surface area contributed by atoms with Crippen LogP contribution in [0.2, 0.25) is 0 Å². The summed E-state index contributed by atoms with van der Waals surface area (Å²) in [7, 11) is 0. The first-order valence-corrected chi connectivity index (χ1v) is 8.62. The van der Waals surface area contributed by atoms with Crippen molar-refractivity contribution < 1.29 is 9.32 Å². The number of nitrogens with zero attached hydrogens (tertiary/aromatic N) is 4. The van der Waals surface area contributed by atoms with Gasteiger partial charge < -0.3 is 9.84 Å². The molecule has 1 atom stereocenters. The van der Waals surface area contributed by atoms with Crippen molar-refractivity contribution in [3.05, 3.63) is 53.1 Å². The van der Waals surface area contributed by atoms with E-state index in [0.29, 0.717) is 18.1 Å². The second-order valence-corrected chi connectivity index (χ2v) is 6.45. The molecule has 0 saturated heterocycles. The summed E-state index contributed by atoms with van der Waals surface area (Å²) in [6, 6.07) is 9.51. The number of carbonyl (C=O) groups is 1. The highest BCUT2D eigenvalue weighted by Crippen LogP contribution is 2.19. The molecule has 0 radical (unpaired) electrons. The summed E-state index contributed by atoms with van der Waals surface area (Å²) in [6.45, 7) is 8.26. The number of hydrogen-bond donors (Lipinski definition) is 1. The van der Waals surface area contributed by atoms with E-state index in [1.54, 1.807) is 0 Å². The van der Waals surface area contributed by atoms with Crippen LogP contribution in [0.15, 0.2) is 34.9 Å². The lowest BCUT2D eigenvalue weighted by Crippen LogP contribution is -2.26. The number of carbonyl (C=O) groups excluding carboxylic acids is 1. The number of aryl methyl sites for hydroxylation is 1. The summed E-state index contributed by atoms with van der Waals surface area (Å²) in [6.07, 6.45) is 0.338. The minimum absolute atomic E-state index is 0.0208. The number of rotatable bonds is 6. The summed E-state index contributed by atoms with van der Waals surface area (Å²) in [5.41, 5.74) is 4.10. The summed E-state index contributed by atoms with van der Waals surface area (Å²) < 4.78 is 7.15. The van der Waals surface area contributed by atoms with Crippen LogP contribution in [0.1, 0.15) is 42.2 Å². The van der Waals surface area contributed by atoms with Gasteiger partial charge in [-0.25, -0.2) is 0 Å². The lowest BCUT2D eigenvalue weighted by atomic mass is 10.2. The van der Waals surface area contributed by atoms with Gasteiger partial charge in [-0.05, 0) is 45.4 Å². The molecule has 0 fully saturated rings. The van der Waals surface area contributed by atoms with Gasteiger partial charge in [-0.1, -0.05) is 23.4 Å². The first-order chi connectivity index (χ1) is 12.5. The first kappa shape index (κ1) is 17.8. The maximum Gasteiger partial charge on any atom is 0.257 e. The zero-order valence-electron chi connectivity index (χ0n) is 15.5. The van der Waals surface area contributed by atoms with E-state index in [2.05, 4.69) is 20.6 Å². The summed E-state index contributed by atoms with van der Waals surface area (Å²) >= 11 is 0. The smallest absolute Gasteiger partial charge is 0.257 e. The Morgan fingerprint density at radius 3 is 2.62 bits per heavy atom. The highest BCUT2D eigenvalue weighted by molar-refractivity contribution is 5.76. The molecular weight excluding hydrogens is 330 g/mol. The molecule has 0 spiro atoms. The van der Waals surface area contributed by atoms with Crippen LogP contribution in [0.5, 0.6) is 0 Å². The van der Waals surface area contributed by atoms with Crippen LogP contribution in [-0.2, 0) is 11.3 Å². The standard InChI is InChI=1S/C19H23N5O2/c1-12(24-15(4)13(2)14(3)22-24)10-18(25)20-11-17-21-19(26-23-17)16-8-6-5-7-9-16/h5-9,12H,10-11H2,1-4H3,(H,20,25)/t12-/m0/s1. The summed E-state index contributed by atoms with van der Waals surface area (Å²) in [4.78, 5) is 16.6. The Balaban J connectivity index is 1.56. The highest BCUT2D eigenvalue weighted by Gasteiger charge is 2.17. The average Bonchev–Trinajstić information content (AvgIpc) is 3.21. The monoisotopic (exact) mass is 353 g/mol. The van der Waals surface area contributed by atoms with Crippen molar-refractivity contribution >= 4 is 5.91 Å². The maximum atomic E-state index is 12.2. The molecule has 0 saturated carbocycles. The Hall–Kier alpha value is -2.96. The zero-order valence-corrected chi connectivity index (χ0v) is 15.5. The molecule has 1 N–H and O–H groups in total. The number of amides is 1. The van der Waals surface area contributed by atoms with Gasteiger partial charge >= 0.3 is 0 Å². The van der Waals surface area contributed by atoms with E-state index in [4.69, 9.17) is 4.52 Å². The molecule has 0 aliphatic heterocycles. The SMILES string of the molecule is Cc1nn([C@@H](C)CC(=O)NCc2noc(-c3ccccc3)n2)c(C)c1C. The van der Waals surface area contributed by atoms with Crippen molar-refractivity contribution in [1.29, 1.82) is 0 Å². The van der Waals surface area contributed by atoms with Crippen LogP contribution in [-0.4, -0.2) is 25.8 Å². The predicted octanol–water partition coefficient (Wildman–Crippen LogP) is 3.13. The van der Waals surface area contributed by atoms with E-state index < -0.39 is 0 Å². The lowest BCUT2D eigenvalue weighted by molar-refractivity contribution is -0.122. The number of nitrogens with one attached hydrogen (secondary N) is 1. The van der Waals surface area contributed by atoms with Gasteiger partial charge in [-0.3, -0.25) is 9.48 Å². The van der Waals surface area contributed by atoms with Crippen LogP contribution in [0.3, 0.4) is 0 Å². The molecule has 7 heteroatoms. The quantitative estimate of drug-likeness (QED) is 0.736. The Morgan fingerprint density at radius 2 is 1.96 bits per heavy atom. The van der Waals surface area contributed by atoms with E-state index in [0.717, 1.165) is 22.5 Å². The van der Waals surface area contributed by atoms with E-state index in [1.165, 1.54) is 0 Å². The molecule has 2 heterocycles. The third kappa shape index (κ3) is 3.82. The Bertz CT molecular complexity index is 898. The van der Waals surface area contributed by atoms with Gasteiger partial charge in [0.15, 0.2) is 5.82 Å². The molecule has 0 bridgehead atoms. The van der Waals surface area contributed by atoms with Crippen LogP contribution in [0, 0.1) is 20.8 Å². The van der Waals surface area contributed by atoms with Crippen LogP contribution in [0.25, 0.3) is 11.5 Å². The fraction of sp³-hybridized carbons (Fsp3) is 0.368. The zero-order chi connectivity index (χ0) is 18.7. The largest absolute Gasteiger partial charge is 0.349 e. The van der Waals surface area contributed by atoms with Crippen molar-refractivity contribution in [1.82, 2.24) is 25.2 Å². The lowest BCUT2D eigenvalue weighted by Gasteiger charge is -2.14. The van der Waals surface area contributed by atoms with E-state index >= 15 is 0 Å². The molecule has 26 heavy (non-hydrogen) atoms. The number of aromatic nitrogens is 4. The molecular formula is C19H23N5O2. The van der Waals surface area contributed by atoms with Crippen molar-refractivity contribution in [2.45, 2.75) is 46.7 Å². The molecule has 0 aliphatic rings. The molecule has 2 aromatic heterocycles. The third-order valence-electron chi connectivity index (χ3n) is 4.52. The van der Waals surface area contributed by atoms with Crippen molar-refractivity contribution in [3.8, 4) is 11.5 Å². The minimum atomic E-state index is -0.0752. The maximum absolute atomic E-state index is 12.2. The number of benzene rings is 1. The average molecular weight is 353 g/mol. The molecule has 3 rings (SSSR count).